The van der Waals surface area contributed by atoms with Crippen molar-refractivity contribution in [3.05, 3.63) is 69.5 Å². The van der Waals surface area contributed by atoms with Crippen LogP contribution in [-0.2, 0) is 16.1 Å². The van der Waals surface area contributed by atoms with E-state index in [0.717, 1.165) is 5.57 Å². The lowest BCUT2D eigenvalue weighted by atomic mass is 9.79. The summed E-state index contributed by atoms with van der Waals surface area (Å²) in [5.74, 6) is -2.15. The monoisotopic (exact) mass is 528 g/mol. The minimum absolute atomic E-state index is 0.0105. The summed E-state index contributed by atoms with van der Waals surface area (Å²) in [6.45, 7) is 3.44. The molecule has 0 saturated heterocycles. The Labute approximate surface area is 220 Å². The first-order valence-electron chi connectivity index (χ1n) is 11.8. The van der Waals surface area contributed by atoms with Gasteiger partial charge in [-0.15, -0.1) is 0 Å². The zero-order valence-electron chi connectivity index (χ0n) is 20.8. The van der Waals surface area contributed by atoms with Gasteiger partial charge in [-0.3, -0.25) is 19.0 Å². The third-order valence-electron chi connectivity index (χ3n) is 6.46. The van der Waals surface area contributed by atoms with Crippen molar-refractivity contribution in [2.45, 2.75) is 33.0 Å². The minimum Gasteiger partial charge on any atom is -0.481 e. The van der Waals surface area contributed by atoms with Gasteiger partial charge in [-0.05, 0) is 30.2 Å². The van der Waals surface area contributed by atoms with E-state index in [1.807, 2.05) is 25.2 Å². The van der Waals surface area contributed by atoms with Crippen LogP contribution in [-0.4, -0.2) is 40.8 Å². The molecule has 1 amide bonds. The number of halogens is 1. The molecule has 9 N–H and O–H groups in total. The van der Waals surface area contributed by atoms with Crippen molar-refractivity contribution in [1.82, 2.24) is 9.88 Å². The van der Waals surface area contributed by atoms with Gasteiger partial charge in [-0.1, -0.05) is 55.8 Å². The molecule has 0 aliphatic heterocycles. The number of aliphatic carboxylic acids is 1. The van der Waals surface area contributed by atoms with Gasteiger partial charge in [0, 0.05) is 29.8 Å². The average molecular weight is 529 g/mol. The van der Waals surface area contributed by atoms with Crippen molar-refractivity contribution in [3.63, 3.8) is 0 Å². The van der Waals surface area contributed by atoms with Crippen LogP contribution in [0.3, 0.4) is 0 Å². The van der Waals surface area contributed by atoms with Crippen molar-refractivity contribution < 1.29 is 14.7 Å². The molecule has 0 radical (unpaired) electrons. The second-order valence-corrected chi connectivity index (χ2v) is 9.92. The molecule has 0 fully saturated rings. The molecule has 0 saturated carbocycles. The van der Waals surface area contributed by atoms with E-state index in [1.165, 1.54) is 17.6 Å². The number of anilines is 2. The summed E-state index contributed by atoms with van der Waals surface area (Å²) in [7, 11) is 0. The summed E-state index contributed by atoms with van der Waals surface area (Å²) in [4.78, 5) is 37.5. The van der Waals surface area contributed by atoms with Crippen LogP contribution in [0.1, 0.15) is 20.3 Å². The number of rotatable bonds is 10. The smallest absolute Gasteiger partial charge is 0.308 e. The van der Waals surface area contributed by atoms with Crippen LogP contribution in [0.25, 0.3) is 11.3 Å². The van der Waals surface area contributed by atoms with E-state index < -0.39 is 29.5 Å². The highest BCUT2D eigenvalue weighted by Gasteiger charge is 2.27. The maximum Gasteiger partial charge on any atom is 0.308 e. The van der Waals surface area contributed by atoms with Crippen molar-refractivity contribution in [3.8, 4) is 11.3 Å². The summed E-state index contributed by atoms with van der Waals surface area (Å²) in [5, 5.41) is 15.0. The molecule has 0 spiro atoms. The SMILES string of the molecule is CC(CNc1cc(Cl)c(-c2cccc(N)c2)n(CC(=O)NCC2=CCC(C)(C(N)N)C=C2)c1=O)C(=O)O. The van der Waals surface area contributed by atoms with E-state index in [-0.39, 0.29) is 35.8 Å². The predicted octanol–water partition coefficient (Wildman–Crippen LogP) is 2.14. The molecule has 3 rings (SSSR count). The van der Waals surface area contributed by atoms with Crippen LogP contribution in [0.5, 0.6) is 0 Å². The molecule has 1 aromatic carbocycles. The number of hydrogen-bond acceptors (Lipinski definition) is 7. The van der Waals surface area contributed by atoms with Gasteiger partial charge in [0.2, 0.25) is 5.91 Å². The molecule has 198 valence electrons. The van der Waals surface area contributed by atoms with E-state index >= 15 is 0 Å². The van der Waals surface area contributed by atoms with Gasteiger partial charge in [0.25, 0.3) is 5.56 Å². The van der Waals surface area contributed by atoms with Gasteiger partial charge in [0.1, 0.15) is 12.2 Å². The van der Waals surface area contributed by atoms with Crippen LogP contribution >= 0.6 is 11.6 Å². The number of carbonyl (C=O) groups is 2. The first kappa shape index (κ1) is 28.0. The van der Waals surface area contributed by atoms with E-state index in [1.54, 1.807) is 24.3 Å². The van der Waals surface area contributed by atoms with Crippen LogP contribution in [0.2, 0.25) is 5.02 Å². The second-order valence-electron chi connectivity index (χ2n) is 9.52. The van der Waals surface area contributed by atoms with E-state index in [4.69, 9.17) is 33.9 Å². The quantitative estimate of drug-likeness (QED) is 0.200. The number of benzene rings is 1. The number of carbonyl (C=O) groups excluding carboxylic acids is 1. The Balaban J connectivity index is 1.86. The molecule has 37 heavy (non-hydrogen) atoms. The number of pyridine rings is 1. The van der Waals surface area contributed by atoms with Gasteiger partial charge >= 0.3 is 5.97 Å². The molecule has 2 aromatic rings. The number of nitrogens with zero attached hydrogens (tertiary/aromatic N) is 1. The van der Waals surface area contributed by atoms with Crippen LogP contribution in [0, 0.1) is 11.3 Å². The molecular formula is C26H33ClN6O4. The maximum atomic E-state index is 13.4. The number of nitrogen functional groups attached to an aromatic ring is 1. The Morgan fingerprint density at radius 1 is 1.27 bits per heavy atom. The van der Waals surface area contributed by atoms with Crippen LogP contribution in [0.15, 0.2) is 58.9 Å². The number of aromatic nitrogens is 1. The van der Waals surface area contributed by atoms with Gasteiger partial charge in [0.05, 0.1) is 22.8 Å². The average Bonchev–Trinajstić information content (AvgIpc) is 2.84. The molecule has 2 atom stereocenters. The van der Waals surface area contributed by atoms with E-state index in [9.17, 15) is 14.4 Å². The first-order chi connectivity index (χ1) is 17.4. The maximum absolute atomic E-state index is 13.4. The number of hydrogen-bond donors (Lipinski definition) is 6. The lowest BCUT2D eigenvalue weighted by Crippen LogP contribution is -2.46. The molecule has 1 aliphatic carbocycles. The Morgan fingerprint density at radius 3 is 2.59 bits per heavy atom. The number of carboxylic acid groups (broad SMARTS) is 1. The van der Waals surface area contributed by atoms with E-state index in [2.05, 4.69) is 10.6 Å². The van der Waals surface area contributed by atoms with Crippen LogP contribution < -0.4 is 33.4 Å². The van der Waals surface area contributed by atoms with E-state index in [0.29, 0.717) is 23.4 Å². The Bertz CT molecular complexity index is 1300. The highest BCUT2D eigenvalue weighted by atomic mass is 35.5. The molecule has 1 aromatic heterocycles. The van der Waals surface area contributed by atoms with Gasteiger partial charge in [-0.2, -0.15) is 0 Å². The number of carboxylic acids is 1. The molecular weight excluding hydrogens is 496 g/mol. The number of nitrogens with one attached hydrogen (secondary N) is 2. The summed E-state index contributed by atoms with van der Waals surface area (Å²) < 4.78 is 1.26. The lowest BCUT2D eigenvalue weighted by molar-refractivity contribution is -0.140. The topological polar surface area (TPSA) is 178 Å². The molecule has 2 unspecified atom stereocenters. The molecule has 10 nitrogen and oxygen atoms in total. The zero-order chi connectivity index (χ0) is 27.3. The van der Waals surface area contributed by atoms with Crippen molar-refractivity contribution in [1.29, 1.82) is 0 Å². The first-order valence-corrected chi connectivity index (χ1v) is 12.2. The highest BCUT2D eigenvalue weighted by molar-refractivity contribution is 6.33. The van der Waals surface area contributed by atoms with Crippen molar-refractivity contribution >= 4 is 34.9 Å². The highest BCUT2D eigenvalue weighted by Crippen LogP contribution is 2.31. The number of amides is 1. The summed E-state index contributed by atoms with van der Waals surface area (Å²) in [6.07, 6.45) is 5.93. The molecule has 0 bridgehead atoms. The third kappa shape index (κ3) is 6.79. The third-order valence-corrected chi connectivity index (χ3v) is 6.75. The van der Waals surface area contributed by atoms with Crippen LogP contribution in [0.4, 0.5) is 11.4 Å². The second kappa shape index (κ2) is 11.6. The normalized spacial score (nSPS) is 17.8. The summed E-state index contributed by atoms with van der Waals surface area (Å²) in [5.41, 5.74) is 19.1. The van der Waals surface area contributed by atoms with Crippen molar-refractivity contribution in [2.24, 2.45) is 22.8 Å². The molecule has 1 heterocycles. The Kier molecular flexibility index (Phi) is 8.80. The fourth-order valence-electron chi connectivity index (χ4n) is 3.80. The Morgan fingerprint density at radius 2 is 2.00 bits per heavy atom. The largest absolute Gasteiger partial charge is 0.481 e. The lowest BCUT2D eigenvalue weighted by Gasteiger charge is -2.31. The minimum atomic E-state index is -1.01. The van der Waals surface area contributed by atoms with Gasteiger partial charge in [-0.25, -0.2) is 0 Å². The molecule has 11 heteroatoms. The predicted molar refractivity (Wildman–Crippen MR) is 146 cm³/mol. The number of allylic oxidation sites excluding steroid dienone is 1. The molecule has 1 aliphatic rings. The fraction of sp³-hybridized carbons (Fsp3) is 0.346. The zero-order valence-corrected chi connectivity index (χ0v) is 21.6. The van der Waals surface area contributed by atoms with Gasteiger partial charge in [0.15, 0.2) is 0 Å². The fourth-order valence-corrected chi connectivity index (χ4v) is 4.12. The summed E-state index contributed by atoms with van der Waals surface area (Å²) >= 11 is 6.58. The Hall–Kier alpha value is -3.60. The van der Waals surface area contributed by atoms with Gasteiger partial charge < -0.3 is 32.9 Å². The standard InChI is InChI=1S/C26H33ClN6O4/c1-15(24(36)37)12-31-20-11-19(27)22(17-4-3-5-18(28)10-17)33(23(20)35)14-21(34)32-13-16-6-8-26(2,9-7-16)25(29)30/h3-8,10-11,15,25,31H,9,12-14,28-30H2,1-2H3,(H,32,34)(H,36,37). The van der Waals surface area contributed by atoms with Crippen molar-refractivity contribution in [2.75, 3.05) is 24.1 Å². The summed E-state index contributed by atoms with van der Waals surface area (Å²) in [6, 6.07) is 8.25. The number of nitrogens with two attached hydrogens (primary N) is 3.